The number of hydrogen-bond donors (Lipinski definition) is 2. The van der Waals surface area contributed by atoms with Crippen LogP contribution in [0.2, 0.25) is 0 Å². The van der Waals surface area contributed by atoms with E-state index in [1.54, 1.807) is 7.11 Å². The van der Waals surface area contributed by atoms with Gasteiger partial charge in [-0.05, 0) is 18.6 Å². The number of benzene rings is 1. The molecular weight excluding hydrogens is 256 g/mol. The van der Waals surface area contributed by atoms with Crippen molar-refractivity contribution in [1.82, 2.24) is 0 Å². The van der Waals surface area contributed by atoms with Crippen molar-refractivity contribution in [3.8, 4) is 0 Å². The third-order valence-electron chi connectivity index (χ3n) is 3.34. The van der Waals surface area contributed by atoms with Gasteiger partial charge >= 0.3 is 0 Å². The molecule has 1 heterocycles. The fourth-order valence-corrected chi connectivity index (χ4v) is 2.37. The van der Waals surface area contributed by atoms with E-state index >= 15 is 0 Å². The first kappa shape index (κ1) is 15.1. The zero-order valence-corrected chi connectivity index (χ0v) is 12.0. The minimum Gasteiger partial charge on any atom is -0.389 e. The molecular formula is C15H24N2O3. The van der Waals surface area contributed by atoms with Crippen LogP contribution in [0.1, 0.15) is 6.42 Å². The van der Waals surface area contributed by atoms with Gasteiger partial charge in [0.25, 0.3) is 0 Å². The molecule has 0 saturated carbocycles. The van der Waals surface area contributed by atoms with Crippen LogP contribution in [-0.4, -0.2) is 57.8 Å². The van der Waals surface area contributed by atoms with Crippen LogP contribution in [0.4, 0.5) is 11.4 Å². The second kappa shape index (κ2) is 8.09. The Morgan fingerprint density at radius 2 is 2.20 bits per heavy atom. The van der Waals surface area contributed by atoms with Crippen LogP contribution in [0.25, 0.3) is 0 Å². The summed E-state index contributed by atoms with van der Waals surface area (Å²) in [7, 11) is 1.64. The van der Waals surface area contributed by atoms with E-state index in [1.807, 2.05) is 12.1 Å². The molecule has 0 aromatic heterocycles. The summed E-state index contributed by atoms with van der Waals surface area (Å²) >= 11 is 0. The van der Waals surface area contributed by atoms with Gasteiger partial charge in [0.05, 0.1) is 37.3 Å². The van der Waals surface area contributed by atoms with E-state index in [0.717, 1.165) is 30.9 Å². The number of β-amino-alcohol motifs (C(OH)–C–C–N with tert-alkyl or cyclic N) is 1. The monoisotopic (exact) mass is 280 g/mol. The molecule has 112 valence electrons. The van der Waals surface area contributed by atoms with Gasteiger partial charge in [-0.25, -0.2) is 0 Å². The maximum absolute atomic E-state index is 10.1. The highest BCUT2D eigenvalue weighted by molar-refractivity contribution is 5.70. The van der Waals surface area contributed by atoms with Crippen LogP contribution in [0.3, 0.4) is 0 Å². The molecule has 0 spiro atoms. The van der Waals surface area contributed by atoms with E-state index in [4.69, 9.17) is 9.47 Å². The first-order valence-corrected chi connectivity index (χ1v) is 7.14. The number of fused-ring (bicyclic) bond motifs is 1. The molecule has 1 aliphatic rings. The van der Waals surface area contributed by atoms with Crippen LogP contribution < -0.4 is 10.2 Å². The van der Waals surface area contributed by atoms with Crippen molar-refractivity contribution >= 4 is 11.4 Å². The highest BCUT2D eigenvalue weighted by atomic mass is 16.5. The van der Waals surface area contributed by atoms with Crippen LogP contribution in [0.5, 0.6) is 0 Å². The lowest BCUT2D eigenvalue weighted by Gasteiger charge is -2.26. The Kier molecular flexibility index (Phi) is 6.11. The molecule has 0 aliphatic carbocycles. The molecule has 2 N–H and O–H groups in total. The molecule has 5 heteroatoms. The summed E-state index contributed by atoms with van der Waals surface area (Å²) in [6.45, 7) is 3.92. The zero-order valence-electron chi connectivity index (χ0n) is 12.0. The third-order valence-corrected chi connectivity index (χ3v) is 3.34. The number of rotatable bonds is 7. The molecule has 0 radical (unpaired) electrons. The van der Waals surface area contributed by atoms with Crippen LogP contribution in [-0.2, 0) is 9.47 Å². The number of ether oxygens (including phenoxy) is 2. The number of hydrogen-bond acceptors (Lipinski definition) is 5. The lowest BCUT2D eigenvalue weighted by Crippen LogP contribution is -2.35. The Bertz CT molecular complexity index is 400. The average molecular weight is 280 g/mol. The van der Waals surface area contributed by atoms with E-state index in [2.05, 4.69) is 22.3 Å². The number of methoxy groups -OCH3 is 1. The SMILES string of the molecule is COCCOCC(O)CN1CCCNc2ccccc21. The zero-order chi connectivity index (χ0) is 14.2. The van der Waals surface area contributed by atoms with E-state index in [0.29, 0.717) is 26.4 Å². The van der Waals surface area contributed by atoms with E-state index in [-0.39, 0.29) is 0 Å². The van der Waals surface area contributed by atoms with Crippen LogP contribution in [0.15, 0.2) is 24.3 Å². The molecule has 2 rings (SSSR count). The van der Waals surface area contributed by atoms with Gasteiger partial charge < -0.3 is 24.8 Å². The number of nitrogens with one attached hydrogen (secondary N) is 1. The van der Waals surface area contributed by atoms with E-state index in [1.165, 1.54) is 0 Å². The van der Waals surface area contributed by atoms with Crippen molar-refractivity contribution in [2.24, 2.45) is 0 Å². The second-order valence-electron chi connectivity index (χ2n) is 4.97. The summed E-state index contributed by atoms with van der Waals surface area (Å²) in [6.07, 6.45) is 0.573. The summed E-state index contributed by atoms with van der Waals surface area (Å²) in [6, 6.07) is 8.22. The summed E-state index contributed by atoms with van der Waals surface area (Å²) < 4.78 is 10.3. The summed E-state index contributed by atoms with van der Waals surface area (Å²) in [4.78, 5) is 2.22. The Hall–Kier alpha value is -1.30. The minimum absolute atomic E-state index is 0.343. The molecule has 0 amide bonds. The van der Waals surface area contributed by atoms with Gasteiger partial charge in [-0.15, -0.1) is 0 Å². The molecule has 0 saturated heterocycles. The lowest BCUT2D eigenvalue weighted by molar-refractivity contribution is 0.0161. The molecule has 0 fully saturated rings. The Balaban J connectivity index is 1.88. The second-order valence-corrected chi connectivity index (χ2v) is 4.97. The molecule has 1 unspecified atom stereocenters. The average Bonchev–Trinajstić information content (AvgIpc) is 2.67. The van der Waals surface area contributed by atoms with Crippen molar-refractivity contribution in [3.05, 3.63) is 24.3 Å². The normalized spacial score (nSPS) is 16.2. The summed E-state index contributed by atoms with van der Waals surface area (Å²) in [5, 5.41) is 13.5. The van der Waals surface area contributed by atoms with Gasteiger partial charge in [-0.3, -0.25) is 0 Å². The van der Waals surface area contributed by atoms with E-state index in [9.17, 15) is 5.11 Å². The maximum Gasteiger partial charge on any atom is 0.0948 e. The predicted octanol–water partition coefficient (Wildman–Crippen LogP) is 1.33. The summed E-state index contributed by atoms with van der Waals surface area (Å²) in [5.74, 6) is 0. The van der Waals surface area contributed by atoms with Crippen molar-refractivity contribution in [2.75, 3.05) is 56.8 Å². The number of nitrogens with zero attached hydrogens (tertiary/aromatic N) is 1. The highest BCUT2D eigenvalue weighted by Gasteiger charge is 2.17. The quantitative estimate of drug-likeness (QED) is 0.738. The molecule has 1 atom stereocenters. The molecule has 1 aromatic rings. The number of para-hydroxylation sites is 2. The standard InChI is InChI=1S/C15H24N2O3/c1-19-9-10-20-12-13(18)11-17-8-4-7-16-14-5-2-3-6-15(14)17/h2-3,5-6,13,16,18H,4,7-12H2,1H3. The van der Waals surface area contributed by atoms with Crippen molar-refractivity contribution < 1.29 is 14.6 Å². The first-order chi connectivity index (χ1) is 9.81. The minimum atomic E-state index is -0.488. The Morgan fingerprint density at radius 1 is 1.35 bits per heavy atom. The van der Waals surface area contributed by atoms with Crippen molar-refractivity contribution in [3.63, 3.8) is 0 Å². The molecule has 5 nitrogen and oxygen atoms in total. The summed E-state index contributed by atoms with van der Waals surface area (Å²) in [5.41, 5.74) is 2.29. The maximum atomic E-state index is 10.1. The topological polar surface area (TPSA) is 54.0 Å². The van der Waals surface area contributed by atoms with Gasteiger partial charge in [0.2, 0.25) is 0 Å². The molecule has 0 bridgehead atoms. The molecule has 1 aliphatic heterocycles. The number of aliphatic hydroxyl groups is 1. The third kappa shape index (κ3) is 4.37. The smallest absolute Gasteiger partial charge is 0.0948 e. The van der Waals surface area contributed by atoms with Crippen LogP contribution in [0, 0.1) is 0 Å². The van der Waals surface area contributed by atoms with Crippen molar-refractivity contribution in [2.45, 2.75) is 12.5 Å². The fourth-order valence-electron chi connectivity index (χ4n) is 2.37. The Labute approximate surface area is 120 Å². The van der Waals surface area contributed by atoms with Crippen molar-refractivity contribution in [1.29, 1.82) is 0 Å². The highest BCUT2D eigenvalue weighted by Crippen LogP contribution is 2.27. The molecule has 20 heavy (non-hydrogen) atoms. The fraction of sp³-hybridized carbons (Fsp3) is 0.600. The number of aliphatic hydroxyl groups excluding tert-OH is 1. The van der Waals surface area contributed by atoms with Gasteiger partial charge in [0.15, 0.2) is 0 Å². The van der Waals surface area contributed by atoms with Crippen LogP contribution >= 0.6 is 0 Å². The van der Waals surface area contributed by atoms with Gasteiger partial charge in [-0.1, -0.05) is 12.1 Å². The van der Waals surface area contributed by atoms with E-state index < -0.39 is 6.10 Å². The van der Waals surface area contributed by atoms with Gasteiger partial charge in [0.1, 0.15) is 0 Å². The molecule has 1 aromatic carbocycles. The first-order valence-electron chi connectivity index (χ1n) is 7.14. The van der Waals surface area contributed by atoms with Gasteiger partial charge in [0, 0.05) is 26.7 Å². The Morgan fingerprint density at radius 3 is 3.05 bits per heavy atom. The predicted molar refractivity (Wildman–Crippen MR) is 80.5 cm³/mol. The lowest BCUT2D eigenvalue weighted by atomic mass is 10.2. The number of anilines is 2. The van der Waals surface area contributed by atoms with Gasteiger partial charge in [-0.2, -0.15) is 0 Å². The largest absolute Gasteiger partial charge is 0.389 e.